The molecular formula is C14H9N3O2S3. The Morgan fingerprint density at radius 3 is 2.68 bits per heavy atom. The molecule has 0 amide bonds. The summed E-state index contributed by atoms with van der Waals surface area (Å²) < 4.78 is 27.8. The molecule has 0 atom stereocenters. The van der Waals surface area contributed by atoms with Gasteiger partial charge in [0, 0.05) is 4.90 Å². The number of aromatic nitrogens is 1. The number of anilines is 1. The van der Waals surface area contributed by atoms with Gasteiger partial charge in [0.1, 0.15) is 5.40 Å². The Hall–Kier alpha value is -2.08. The number of hydrogen-bond acceptors (Lipinski definition) is 6. The zero-order valence-corrected chi connectivity index (χ0v) is 13.5. The molecule has 0 bridgehead atoms. The molecule has 3 rings (SSSR count). The van der Waals surface area contributed by atoms with Crippen LogP contribution in [0.25, 0.3) is 10.2 Å². The predicted molar refractivity (Wildman–Crippen MR) is 88.3 cm³/mol. The third-order valence-electron chi connectivity index (χ3n) is 2.80. The number of benzene rings is 2. The summed E-state index contributed by atoms with van der Waals surface area (Å²) in [6.07, 6.45) is 0. The topological polar surface area (TPSA) is 82.8 Å². The van der Waals surface area contributed by atoms with Gasteiger partial charge in [-0.3, -0.25) is 4.72 Å². The van der Waals surface area contributed by atoms with Gasteiger partial charge in [-0.1, -0.05) is 29.5 Å². The highest BCUT2D eigenvalue weighted by Crippen LogP contribution is 2.30. The number of hydrogen-bond donors (Lipinski definition) is 1. The van der Waals surface area contributed by atoms with Crippen LogP contribution in [-0.2, 0) is 10.0 Å². The SMILES string of the molecule is N#CSc1ccc2nc(NS(=O)(=O)c3ccccc3)sc2c1. The van der Waals surface area contributed by atoms with Gasteiger partial charge in [0.15, 0.2) is 5.13 Å². The van der Waals surface area contributed by atoms with Crippen LogP contribution in [0.2, 0.25) is 0 Å². The van der Waals surface area contributed by atoms with Crippen molar-refractivity contribution in [1.29, 1.82) is 5.26 Å². The van der Waals surface area contributed by atoms with Gasteiger partial charge >= 0.3 is 0 Å². The van der Waals surface area contributed by atoms with Gasteiger partial charge in [0.25, 0.3) is 10.0 Å². The minimum atomic E-state index is -3.64. The van der Waals surface area contributed by atoms with E-state index in [0.717, 1.165) is 21.4 Å². The minimum absolute atomic E-state index is 0.190. The molecule has 5 nitrogen and oxygen atoms in total. The van der Waals surface area contributed by atoms with E-state index in [1.54, 1.807) is 30.3 Å². The van der Waals surface area contributed by atoms with Crippen LogP contribution >= 0.6 is 23.1 Å². The molecule has 0 aliphatic carbocycles. The standard InChI is InChI=1S/C14H9N3O2S3/c15-9-20-10-6-7-12-13(8-10)21-14(16-12)17-22(18,19)11-4-2-1-3-5-11/h1-8H,(H,16,17). The van der Waals surface area contributed by atoms with Crippen LogP contribution in [0.15, 0.2) is 58.3 Å². The molecule has 0 saturated heterocycles. The van der Waals surface area contributed by atoms with Crippen LogP contribution in [-0.4, -0.2) is 13.4 Å². The van der Waals surface area contributed by atoms with Crippen molar-refractivity contribution >= 4 is 48.5 Å². The number of nitrogens with one attached hydrogen (secondary N) is 1. The van der Waals surface area contributed by atoms with E-state index in [1.165, 1.54) is 23.5 Å². The fourth-order valence-electron chi connectivity index (χ4n) is 1.84. The maximum Gasteiger partial charge on any atom is 0.263 e. The molecule has 0 aliphatic heterocycles. The van der Waals surface area contributed by atoms with Gasteiger partial charge in [-0.25, -0.2) is 13.4 Å². The summed E-state index contributed by atoms with van der Waals surface area (Å²) in [6, 6.07) is 13.5. The molecule has 1 N–H and O–H groups in total. The second kappa shape index (κ2) is 5.96. The molecule has 0 saturated carbocycles. The van der Waals surface area contributed by atoms with E-state index in [4.69, 9.17) is 5.26 Å². The molecule has 0 aliphatic rings. The Morgan fingerprint density at radius 2 is 1.95 bits per heavy atom. The van der Waals surface area contributed by atoms with Crippen molar-refractivity contribution in [3.05, 3.63) is 48.5 Å². The van der Waals surface area contributed by atoms with Crippen molar-refractivity contribution in [2.24, 2.45) is 0 Å². The highest BCUT2D eigenvalue weighted by molar-refractivity contribution is 8.03. The summed E-state index contributed by atoms with van der Waals surface area (Å²) in [5, 5.41) is 11.0. The Morgan fingerprint density at radius 1 is 1.18 bits per heavy atom. The Labute approximate surface area is 135 Å². The smallest absolute Gasteiger partial charge is 0.255 e. The molecule has 0 radical (unpaired) electrons. The first-order valence-electron chi connectivity index (χ1n) is 6.13. The zero-order valence-electron chi connectivity index (χ0n) is 11.1. The molecular weight excluding hydrogens is 338 g/mol. The fourth-order valence-corrected chi connectivity index (χ4v) is 4.49. The average Bonchev–Trinajstić information content (AvgIpc) is 2.89. The molecule has 3 aromatic rings. The molecule has 1 aromatic heterocycles. The summed E-state index contributed by atoms with van der Waals surface area (Å²) in [7, 11) is -3.64. The quantitative estimate of drug-likeness (QED) is 0.575. The summed E-state index contributed by atoms with van der Waals surface area (Å²) in [5.74, 6) is 0. The Bertz CT molecular complexity index is 960. The number of fused-ring (bicyclic) bond motifs is 1. The largest absolute Gasteiger partial charge is 0.263 e. The van der Waals surface area contributed by atoms with E-state index < -0.39 is 10.0 Å². The van der Waals surface area contributed by atoms with Crippen LogP contribution in [0, 0.1) is 10.7 Å². The van der Waals surface area contributed by atoms with Gasteiger partial charge in [-0.05, 0) is 42.1 Å². The van der Waals surface area contributed by atoms with E-state index in [9.17, 15) is 8.42 Å². The van der Waals surface area contributed by atoms with Gasteiger partial charge in [-0.15, -0.1) is 0 Å². The van der Waals surface area contributed by atoms with Crippen LogP contribution in [0.1, 0.15) is 0 Å². The number of thiocyanates is 1. The average molecular weight is 347 g/mol. The molecule has 0 unspecified atom stereocenters. The minimum Gasteiger partial charge on any atom is -0.255 e. The van der Waals surface area contributed by atoms with Gasteiger partial charge < -0.3 is 0 Å². The lowest BCUT2D eigenvalue weighted by Crippen LogP contribution is -2.12. The van der Waals surface area contributed by atoms with Crippen LogP contribution in [0.5, 0.6) is 0 Å². The normalized spacial score (nSPS) is 11.2. The van der Waals surface area contributed by atoms with Gasteiger partial charge in [-0.2, -0.15) is 5.26 Å². The van der Waals surface area contributed by atoms with E-state index in [-0.39, 0.29) is 4.90 Å². The second-order valence-electron chi connectivity index (χ2n) is 4.26. The van der Waals surface area contributed by atoms with E-state index >= 15 is 0 Å². The van der Waals surface area contributed by atoms with Crippen LogP contribution < -0.4 is 4.72 Å². The van der Waals surface area contributed by atoms with E-state index in [0.29, 0.717) is 10.6 Å². The lowest BCUT2D eigenvalue weighted by molar-refractivity contribution is 0.601. The highest BCUT2D eigenvalue weighted by Gasteiger charge is 2.16. The molecule has 22 heavy (non-hydrogen) atoms. The Kier molecular flexibility index (Phi) is 4.02. The lowest BCUT2D eigenvalue weighted by Gasteiger charge is -2.03. The second-order valence-corrected chi connectivity index (χ2v) is 7.83. The van der Waals surface area contributed by atoms with Crippen molar-refractivity contribution in [2.45, 2.75) is 9.79 Å². The van der Waals surface area contributed by atoms with Gasteiger partial charge in [0.05, 0.1) is 15.1 Å². The summed E-state index contributed by atoms with van der Waals surface area (Å²) >= 11 is 2.29. The number of nitriles is 1. The van der Waals surface area contributed by atoms with E-state index in [2.05, 4.69) is 9.71 Å². The first kappa shape index (κ1) is 14.8. The molecule has 8 heteroatoms. The number of nitrogens with zero attached hydrogens (tertiary/aromatic N) is 2. The lowest BCUT2D eigenvalue weighted by atomic mass is 10.3. The van der Waals surface area contributed by atoms with Crippen LogP contribution in [0.3, 0.4) is 0 Å². The maximum atomic E-state index is 12.3. The Balaban J connectivity index is 1.93. The maximum absolute atomic E-state index is 12.3. The van der Waals surface area contributed by atoms with Crippen molar-refractivity contribution in [2.75, 3.05) is 4.72 Å². The molecule has 0 fully saturated rings. The number of sulfonamides is 1. The molecule has 1 heterocycles. The monoisotopic (exact) mass is 347 g/mol. The summed E-state index contributed by atoms with van der Waals surface area (Å²) in [6.45, 7) is 0. The predicted octanol–water partition coefficient (Wildman–Crippen LogP) is 3.67. The van der Waals surface area contributed by atoms with Crippen molar-refractivity contribution in [3.63, 3.8) is 0 Å². The first-order valence-corrected chi connectivity index (χ1v) is 9.24. The first-order chi connectivity index (χ1) is 10.6. The molecule has 2 aromatic carbocycles. The number of rotatable bonds is 4. The molecule has 110 valence electrons. The van der Waals surface area contributed by atoms with Crippen molar-refractivity contribution in [3.8, 4) is 5.40 Å². The van der Waals surface area contributed by atoms with Crippen molar-refractivity contribution in [1.82, 2.24) is 4.98 Å². The van der Waals surface area contributed by atoms with E-state index in [1.807, 2.05) is 11.5 Å². The zero-order chi connectivity index (χ0) is 15.6. The number of thioether (sulfide) groups is 1. The van der Waals surface area contributed by atoms with Crippen molar-refractivity contribution < 1.29 is 8.42 Å². The third-order valence-corrected chi connectivity index (χ3v) is 5.80. The molecule has 0 spiro atoms. The van der Waals surface area contributed by atoms with Crippen LogP contribution in [0.4, 0.5) is 5.13 Å². The summed E-state index contributed by atoms with van der Waals surface area (Å²) in [5.41, 5.74) is 0.693. The number of thiazole rings is 1. The fraction of sp³-hybridized carbons (Fsp3) is 0. The third kappa shape index (κ3) is 3.06. The summed E-state index contributed by atoms with van der Waals surface area (Å²) in [4.78, 5) is 5.25. The highest BCUT2D eigenvalue weighted by atomic mass is 32.2. The van der Waals surface area contributed by atoms with Gasteiger partial charge in [0.2, 0.25) is 0 Å².